The normalized spacial score (nSPS) is 15.2. The molecule has 0 unspecified atom stereocenters. The Hall–Kier alpha value is -3.78. The molecule has 176 valence electrons. The molecule has 0 radical (unpaired) electrons. The number of aromatic nitrogens is 3. The number of aryl methyl sites for hydroxylation is 1. The summed E-state index contributed by atoms with van der Waals surface area (Å²) in [7, 11) is 2.14. The molecule has 8 nitrogen and oxygen atoms in total. The summed E-state index contributed by atoms with van der Waals surface area (Å²) in [6.45, 7) is 7.98. The molecular weight excluding hydrogens is 426 g/mol. The van der Waals surface area contributed by atoms with Gasteiger partial charge in [0.2, 0.25) is 5.91 Å². The second kappa shape index (κ2) is 10.9. The van der Waals surface area contributed by atoms with Crippen LogP contribution in [0.25, 0.3) is 11.3 Å². The number of nitrogens with one attached hydrogen (secondary N) is 2. The van der Waals surface area contributed by atoms with Crippen LogP contribution in [0.5, 0.6) is 0 Å². The summed E-state index contributed by atoms with van der Waals surface area (Å²) in [6, 6.07) is 11.7. The van der Waals surface area contributed by atoms with Crippen molar-refractivity contribution in [3.8, 4) is 11.3 Å². The zero-order valence-electron chi connectivity index (χ0n) is 19.7. The van der Waals surface area contributed by atoms with Crippen molar-refractivity contribution in [2.75, 3.05) is 30.9 Å². The van der Waals surface area contributed by atoms with E-state index in [0.717, 1.165) is 60.1 Å². The molecule has 3 heterocycles. The van der Waals surface area contributed by atoms with Gasteiger partial charge in [0.25, 0.3) is 0 Å². The van der Waals surface area contributed by atoms with Gasteiger partial charge < -0.3 is 10.2 Å². The Kier molecular flexibility index (Phi) is 7.49. The fourth-order valence-electron chi connectivity index (χ4n) is 4.00. The van der Waals surface area contributed by atoms with E-state index in [-0.39, 0.29) is 18.4 Å². The number of rotatable bonds is 7. The number of imidazole rings is 1. The van der Waals surface area contributed by atoms with Crippen LogP contribution in [0, 0.1) is 6.92 Å². The van der Waals surface area contributed by atoms with Gasteiger partial charge in [-0.25, -0.2) is 9.66 Å². The SMILES string of the molecule is C=CC(=NC1CCN(C)CC1)Nn1c(-c2cccc(NC(=O)Cc3cccnc3)c2)cnc1C. The maximum absolute atomic E-state index is 12.5. The smallest absolute Gasteiger partial charge is 0.228 e. The lowest BCUT2D eigenvalue weighted by molar-refractivity contribution is -0.115. The second-order valence-corrected chi connectivity index (χ2v) is 8.56. The molecule has 1 amide bonds. The van der Waals surface area contributed by atoms with E-state index in [1.54, 1.807) is 18.5 Å². The van der Waals surface area contributed by atoms with E-state index in [1.807, 2.05) is 54.2 Å². The summed E-state index contributed by atoms with van der Waals surface area (Å²) in [5.74, 6) is 1.43. The van der Waals surface area contributed by atoms with E-state index in [4.69, 9.17) is 4.99 Å². The summed E-state index contributed by atoms with van der Waals surface area (Å²) >= 11 is 0. The van der Waals surface area contributed by atoms with Crippen molar-refractivity contribution < 1.29 is 4.79 Å². The first-order valence-corrected chi connectivity index (χ1v) is 11.5. The molecule has 0 saturated carbocycles. The average Bonchev–Trinajstić information content (AvgIpc) is 3.20. The van der Waals surface area contributed by atoms with Crippen LogP contribution < -0.4 is 10.7 Å². The predicted molar refractivity (Wildman–Crippen MR) is 136 cm³/mol. The largest absolute Gasteiger partial charge is 0.326 e. The maximum atomic E-state index is 12.5. The van der Waals surface area contributed by atoms with Gasteiger partial charge in [-0.15, -0.1) is 0 Å². The fraction of sp³-hybridized carbons (Fsp3) is 0.308. The van der Waals surface area contributed by atoms with Crippen LogP contribution in [0.4, 0.5) is 5.69 Å². The Labute approximate surface area is 200 Å². The van der Waals surface area contributed by atoms with E-state index < -0.39 is 0 Å². The van der Waals surface area contributed by atoms with E-state index >= 15 is 0 Å². The standard InChI is InChI=1S/C26H31N7O/c1-4-25(29-22-10-13-32(3)14-11-22)31-33-19(2)28-18-24(33)21-8-5-9-23(16-21)30-26(34)15-20-7-6-12-27-17-20/h4-9,12,16-18,22H,1,10-11,13-15H2,2-3H3,(H,29,31)(H,30,34). The van der Waals surface area contributed by atoms with Crippen molar-refractivity contribution in [2.45, 2.75) is 32.2 Å². The van der Waals surface area contributed by atoms with Gasteiger partial charge in [0.15, 0.2) is 0 Å². The Balaban J connectivity index is 1.50. The summed E-state index contributed by atoms with van der Waals surface area (Å²) in [5, 5.41) is 2.98. The second-order valence-electron chi connectivity index (χ2n) is 8.56. The van der Waals surface area contributed by atoms with Crippen LogP contribution in [0.2, 0.25) is 0 Å². The minimum atomic E-state index is -0.0906. The monoisotopic (exact) mass is 457 g/mol. The van der Waals surface area contributed by atoms with Crippen LogP contribution in [0.15, 0.2) is 72.6 Å². The van der Waals surface area contributed by atoms with Gasteiger partial charge in [0, 0.05) is 23.6 Å². The zero-order chi connectivity index (χ0) is 23.9. The molecule has 4 rings (SSSR count). The zero-order valence-corrected chi connectivity index (χ0v) is 19.7. The molecule has 0 bridgehead atoms. The molecule has 1 saturated heterocycles. The number of pyridine rings is 1. The highest BCUT2D eigenvalue weighted by Crippen LogP contribution is 2.23. The summed E-state index contributed by atoms with van der Waals surface area (Å²) in [5.41, 5.74) is 6.77. The number of hydrogen-bond donors (Lipinski definition) is 2. The maximum Gasteiger partial charge on any atom is 0.228 e. The number of carbonyl (C=O) groups is 1. The number of hydrogen-bond acceptors (Lipinski definition) is 5. The minimum Gasteiger partial charge on any atom is -0.326 e. The molecule has 1 aliphatic rings. The summed E-state index contributed by atoms with van der Waals surface area (Å²) in [4.78, 5) is 28.3. The molecular formula is C26H31N7O. The number of benzene rings is 1. The van der Waals surface area contributed by atoms with Crippen LogP contribution >= 0.6 is 0 Å². The van der Waals surface area contributed by atoms with Gasteiger partial charge >= 0.3 is 0 Å². The molecule has 0 spiro atoms. The fourth-order valence-corrected chi connectivity index (χ4v) is 4.00. The van der Waals surface area contributed by atoms with Crippen LogP contribution in [0.1, 0.15) is 24.2 Å². The molecule has 0 atom stereocenters. The number of anilines is 1. The Morgan fingerprint density at radius 2 is 2.06 bits per heavy atom. The van der Waals surface area contributed by atoms with Crippen molar-refractivity contribution in [1.29, 1.82) is 0 Å². The van der Waals surface area contributed by atoms with Gasteiger partial charge in [-0.3, -0.25) is 20.2 Å². The highest BCUT2D eigenvalue weighted by molar-refractivity contribution is 5.99. The first kappa shape index (κ1) is 23.4. The Morgan fingerprint density at radius 3 is 2.79 bits per heavy atom. The Bertz CT molecular complexity index is 1160. The third-order valence-corrected chi connectivity index (χ3v) is 5.90. The molecule has 0 aliphatic carbocycles. The third kappa shape index (κ3) is 5.96. The number of carbonyl (C=O) groups excluding carboxylic acids is 1. The summed E-state index contributed by atoms with van der Waals surface area (Å²) in [6.07, 6.45) is 9.30. The van der Waals surface area contributed by atoms with Gasteiger partial charge in [0.1, 0.15) is 11.7 Å². The van der Waals surface area contributed by atoms with E-state index in [9.17, 15) is 4.79 Å². The number of aliphatic imine (C=N–C) groups is 1. The molecule has 1 fully saturated rings. The van der Waals surface area contributed by atoms with Gasteiger partial charge in [-0.05, 0) is 69.7 Å². The highest BCUT2D eigenvalue weighted by atomic mass is 16.1. The molecule has 2 N–H and O–H groups in total. The Morgan fingerprint density at radius 1 is 1.24 bits per heavy atom. The first-order valence-electron chi connectivity index (χ1n) is 11.5. The van der Waals surface area contributed by atoms with Crippen molar-refractivity contribution in [3.05, 3.63) is 79.0 Å². The number of likely N-dealkylation sites (tertiary alicyclic amines) is 1. The van der Waals surface area contributed by atoms with Crippen molar-refractivity contribution >= 4 is 17.4 Å². The number of nitrogens with zero attached hydrogens (tertiary/aromatic N) is 5. The number of piperidine rings is 1. The lowest BCUT2D eigenvalue weighted by Gasteiger charge is -2.27. The quantitative estimate of drug-likeness (QED) is 0.418. The summed E-state index contributed by atoms with van der Waals surface area (Å²) < 4.78 is 1.91. The highest BCUT2D eigenvalue weighted by Gasteiger charge is 2.17. The topological polar surface area (TPSA) is 87.4 Å². The molecule has 1 aromatic carbocycles. The molecule has 1 aliphatic heterocycles. The van der Waals surface area contributed by atoms with Crippen molar-refractivity contribution in [2.24, 2.45) is 4.99 Å². The average molecular weight is 458 g/mol. The van der Waals surface area contributed by atoms with Crippen LogP contribution in [0.3, 0.4) is 0 Å². The minimum absolute atomic E-state index is 0.0906. The number of amidine groups is 1. The van der Waals surface area contributed by atoms with Crippen molar-refractivity contribution in [1.82, 2.24) is 19.5 Å². The van der Waals surface area contributed by atoms with Crippen LogP contribution in [-0.4, -0.2) is 57.5 Å². The number of amides is 1. The van der Waals surface area contributed by atoms with Gasteiger partial charge in [-0.2, -0.15) is 0 Å². The van der Waals surface area contributed by atoms with Gasteiger partial charge in [-0.1, -0.05) is 24.8 Å². The van der Waals surface area contributed by atoms with Crippen molar-refractivity contribution in [3.63, 3.8) is 0 Å². The first-order chi connectivity index (χ1) is 16.5. The molecule has 3 aromatic rings. The lowest BCUT2D eigenvalue weighted by Crippen LogP contribution is -2.33. The lowest BCUT2D eigenvalue weighted by atomic mass is 10.1. The molecule has 2 aromatic heterocycles. The molecule has 34 heavy (non-hydrogen) atoms. The molecule has 8 heteroatoms. The van der Waals surface area contributed by atoms with Gasteiger partial charge in [0.05, 0.1) is 24.4 Å². The van der Waals surface area contributed by atoms with Crippen LogP contribution in [-0.2, 0) is 11.2 Å². The third-order valence-electron chi connectivity index (χ3n) is 5.90. The van der Waals surface area contributed by atoms with E-state index in [0.29, 0.717) is 0 Å². The van der Waals surface area contributed by atoms with E-state index in [1.165, 1.54) is 0 Å². The predicted octanol–water partition coefficient (Wildman–Crippen LogP) is 3.66. The van der Waals surface area contributed by atoms with E-state index in [2.05, 4.69) is 39.2 Å².